The first kappa shape index (κ1) is 15.7. The highest BCUT2D eigenvalue weighted by molar-refractivity contribution is 9.10. The van der Waals surface area contributed by atoms with Crippen LogP contribution in [0.4, 0.5) is 4.39 Å². The minimum atomic E-state index is -0.207. The van der Waals surface area contributed by atoms with Crippen molar-refractivity contribution in [1.29, 1.82) is 0 Å². The van der Waals surface area contributed by atoms with E-state index in [1.54, 1.807) is 0 Å². The second-order valence-corrected chi connectivity index (χ2v) is 6.46. The molecule has 0 saturated carbocycles. The maximum Gasteiger partial charge on any atom is 0.124 e. The van der Waals surface area contributed by atoms with Gasteiger partial charge in [-0.25, -0.2) is 4.39 Å². The fourth-order valence-electron chi connectivity index (χ4n) is 2.47. The standard InChI is InChI=1S/C17H17Br2F/c1-2-17(12-18,14-6-4-3-5-7-14)11-13-8-9-15(20)10-16(13)19/h3-10H,2,11-12H2,1H3. The highest BCUT2D eigenvalue weighted by Gasteiger charge is 2.30. The third-order valence-corrected chi connectivity index (χ3v) is 5.67. The summed E-state index contributed by atoms with van der Waals surface area (Å²) in [6.45, 7) is 2.20. The van der Waals surface area contributed by atoms with Crippen molar-refractivity contribution in [3.63, 3.8) is 0 Å². The molecule has 3 heteroatoms. The molecule has 0 aliphatic carbocycles. The molecule has 0 aromatic heterocycles. The number of hydrogen-bond acceptors (Lipinski definition) is 0. The average molecular weight is 400 g/mol. The minimum Gasteiger partial charge on any atom is -0.207 e. The first-order valence-electron chi connectivity index (χ1n) is 6.67. The summed E-state index contributed by atoms with van der Waals surface area (Å²) in [5, 5.41) is 0.879. The molecule has 0 nitrogen and oxygen atoms in total. The molecule has 0 aliphatic heterocycles. The summed E-state index contributed by atoms with van der Waals surface area (Å²) >= 11 is 7.15. The lowest BCUT2D eigenvalue weighted by Gasteiger charge is -2.32. The summed E-state index contributed by atoms with van der Waals surface area (Å²) in [6.07, 6.45) is 1.89. The predicted molar refractivity (Wildman–Crippen MR) is 90.0 cm³/mol. The van der Waals surface area contributed by atoms with E-state index in [-0.39, 0.29) is 11.2 Å². The van der Waals surface area contributed by atoms with Crippen LogP contribution in [0.25, 0.3) is 0 Å². The third kappa shape index (κ3) is 3.32. The first-order chi connectivity index (χ1) is 9.61. The van der Waals surface area contributed by atoms with Gasteiger partial charge < -0.3 is 0 Å². The van der Waals surface area contributed by atoms with Gasteiger partial charge in [0.25, 0.3) is 0 Å². The van der Waals surface area contributed by atoms with Crippen LogP contribution in [-0.4, -0.2) is 5.33 Å². The minimum absolute atomic E-state index is 0.0294. The Kier molecular flexibility index (Phi) is 5.39. The molecule has 1 atom stereocenters. The molecule has 2 aromatic carbocycles. The van der Waals surface area contributed by atoms with E-state index >= 15 is 0 Å². The van der Waals surface area contributed by atoms with Crippen molar-refractivity contribution in [2.24, 2.45) is 0 Å². The van der Waals surface area contributed by atoms with Crippen molar-refractivity contribution in [2.75, 3.05) is 5.33 Å². The monoisotopic (exact) mass is 398 g/mol. The maximum atomic E-state index is 13.2. The van der Waals surface area contributed by atoms with Crippen molar-refractivity contribution in [3.8, 4) is 0 Å². The Bertz CT molecular complexity index is 562. The molecule has 0 radical (unpaired) electrons. The van der Waals surface area contributed by atoms with E-state index in [0.717, 1.165) is 28.2 Å². The SMILES string of the molecule is CCC(CBr)(Cc1ccc(F)cc1Br)c1ccccc1. The van der Waals surface area contributed by atoms with Crippen molar-refractivity contribution >= 4 is 31.9 Å². The number of alkyl halides is 1. The molecule has 106 valence electrons. The van der Waals surface area contributed by atoms with E-state index in [1.807, 2.05) is 12.1 Å². The lowest BCUT2D eigenvalue weighted by Crippen LogP contribution is -2.30. The fourth-order valence-corrected chi connectivity index (χ4v) is 3.88. The van der Waals surface area contributed by atoms with Crippen LogP contribution in [0.2, 0.25) is 0 Å². The van der Waals surface area contributed by atoms with Gasteiger partial charge in [0.15, 0.2) is 0 Å². The lowest BCUT2D eigenvalue weighted by atomic mass is 9.75. The van der Waals surface area contributed by atoms with Gasteiger partial charge in [0, 0.05) is 15.2 Å². The molecule has 0 bridgehead atoms. The van der Waals surface area contributed by atoms with Crippen LogP contribution in [0.3, 0.4) is 0 Å². The average Bonchev–Trinajstić information content (AvgIpc) is 2.48. The van der Waals surface area contributed by atoms with Gasteiger partial charge in [0.2, 0.25) is 0 Å². The number of rotatable bonds is 5. The third-order valence-electron chi connectivity index (χ3n) is 3.86. The molecule has 2 rings (SSSR count). The van der Waals surface area contributed by atoms with Crippen molar-refractivity contribution < 1.29 is 4.39 Å². The molecule has 0 spiro atoms. The summed E-state index contributed by atoms with van der Waals surface area (Å²) < 4.78 is 14.1. The van der Waals surface area contributed by atoms with Crippen LogP contribution < -0.4 is 0 Å². The summed E-state index contributed by atoms with van der Waals surface area (Å²) in [5.74, 6) is -0.207. The Balaban J connectivity index is 2.39. The largest absolute Gasteiger partial charge is 0.207 e. The second-order valence-electron chi connectivity index (χ2n) is 5.05. The van der Waals surface area contributed by atoms with Gasteiger partial charge in [-0.05, 0) is 36.1 Å². The summed E-state index contributed by atoms with van der Waals surface area (Å²) in [7, 11) is 0. The molecule has 0 fully saturated rings. The molecule has 0 N–H and O–H groups in total. The van der Waals surface area contributed by atoms with E-state index in [0.29, 0.717) is 0 Å². The Morgan fingerprint density at radius 2 is 1.80 bits per heavy atom. The lowest BCUT2D eigenvalue weighted by molar-refractivity contribution is 0.463. The second kappa shape index (κ2) is 6.86. The molecule has 1 unspecified atom stereocenters. The van der Waals surface area contributed by atoms with Crippen LogP contribution in [0.1, 0.15) is 24.5 Å². The van der Waals surface area contributed by atoms with Gasteiger partial charge in [0.05, 0.1) is 0 Å². The van der Waals surface area contributed by atoms with Crippen LogP contribution in [0.15, 0.2) is 53.0 Å². The topological polar surface area (TPSA) is 0 Å². The van der Waals surface area contributed by atoms with Gasteiger partial charge >= 0.3 is 0 Å². The van der Waals surface area contributed by atoms with Crippen molar-refractivity contribution in [2.45, 2.75) is 25.2 Å². The van der Waals surface area contributed by atoms with Gasteiger partial charge in [-0.15, -0.1) is 0 Å². The van der Waals surface area contributed by atoms with E-state index in [2.05, 4.69) is 63.0 Å². The van der Waals surface area contributed by atoms with E-state index in [1.165, 1.54) is 17.7 Å². The fraction of sp³-hybridized carbons (Fsp3) is 0.294. The molecule has 0 aliphatic rings. The molecule has 0 heterocycles. The van der Waals surface area contributed by atoms with Crippen LogP contribution in [0, 0.1) is 5.82 Å². The Labute approximate surface area is 136 Å². The zero-order valence-electron chi connectivity index (χ0n) is 11.4. The van der Waals surface area contributed by atoms with E-state index in [9.17, 15) is 4.39 Å². The summed E-state index contributed by atoms with van der Waals surface area (Å²) in [5.41, 5.74) is 2.48. The van der Waals surface area contributed by atoms with Crippen LogP contribution >= 0.6 is 31.9 Å². The predicted octanol–water partition coefficient (Wildman–Crippen LogP) is 5.87. The molecular weight excluding hydrogens is 383 g/mol. The van der Waals surface area contributed by atoms with E-state index in [4.69, 9.17) is 0 Å². The van der Waals surface area contributed by atoms with Crippen LogP contribution in [0.5, 0.6) is 0 Å². The Hall–Kier alpha value is -0.670. The molecule has 0 saturated heterocycles. The Morgan fingerprint density at radius 1 is 1.10 bits per heavy atom. The summed E-state index contributed by atoms with van der Waals surface area (Å²) in [4.78, 5) is 0. The normalized spacial score (nSPS) is 14.0. The van der Waals surface area contributed by atoms with Gasteiger partial charge in [-0.3, -0.25) is 0 Å². The number of benzene rings is 2. The van der Waals surface area contributed by atoms with Crippen molar-refractivity contribution in [1.82, 2.24) is 0 Å². The number of halogens is 3. The zero-order chi connectivity index (χ0) is 14.6. The smallest absolute Gasteiger partial charge is 0.124 e. The van der Waals surface area contributed by atoms with Crippen LogP contribution in [-0.2, 0) is 11.8 Å². The maximum absolute atomic E-state index is 13.2. The van der Waals surface area contributed by atoms with Gasteiger partial charge in [0.1, 0.15) is 5.82 Å². The van der Waals surface area contributed by atoms with Crippen molar-refractivity contribution in [3.05, 3.63) is 69.9 Å². The highest BCUT2D eigenvalue weighted by Crippen LogP contribution is 2.36. The summed E-state index contributed by atoms with van der Waals surface area (Å²) in [6, 6.07) is 15.4. The first-order valence-corrected chi connectivity index (χ1v) is 8.58. The van der Waals surface area contributed by atoms with Gasteiger partial charge in [-0.1, -0.05) is 75.2 Å². The molecular formula is C17H17Br2F. The Morgan fingerprint density at radius 3 is 2.35 bits per heavy atom. The van der Waals surface area contributed by atoms with Gasteiger partial charge in [-0.2, -0.15) is 0 Å². The number of hydrogen-bond donors (Lipinski definition) is 0. The molecule has 0 amide bonds. The zero-order valence-corrected chi connectivity index (χ0v) is 14.5. The van der Waals surface area contributed by atoms with E-state index < -0.39 is 0 Å². The molecule has 20 heavy (non-hydrogen) atoms. The quantitative estimate of drug-likeness (QED) is 0.551. The molecule has 2 aromatic rings. The highest BCUT2D eigenvalue weighted by atomic mass is 79.9.